The molecule has 48 valence electrons. The fraction of sp³-hybridized carbons (Fsp3) is 1.00. The zero-order valence-corrected chi connectivity index (χ0v) is 4.79. The average molecular weight is 118 g/mol. The molecular weight excluding hydrogens is 108 g/mol. The molecule has 1 aliphatic rings. The standard InChI is InChI=1S/C5H10O3/c1-5(7)4(6)2-3-8-5/h4,6-7H,2-3H2,1H3/t4?,5-/m0/s1. The number of hydrogen-bond acceptors (Lipinski definition) is 3. The highest BCUT2D eigenvalue weighted by Gasteiger charge is 2.36. The largest absolute Gasteiger partial charge is 0.387 e. The third-order valence-corrected chi connectivity index (χ3v) is 1.40. The highest BCUT2D eigenvalue weighted by atomic mass is 16.6. The molecule has 0 amide bonds. The van der Waals surface area contributed by atoms with E-state index in [-0.39, 0.29) is 0 Å². The van der Waals surface area contributed by atoms with Gasteiger partial charge in [-0.2, -0.15) is 0 Å². The van der Waals surface area contributed by atoms with Crippen molar-refractivity contribution in [1.82, 2.24) is 0 Å². The van der Waals surface area contributed by atoms with Crippen LogP contribution >= 0.6 is 0 Å². The minimum Gasteiger partial charge on any atom is -0.387 e. The molecule has 1 unspecified atom stereocenters. The molecule has 2 N–H and O–H groups in total. The lowest BCUT2D eigenvalue weighted by atomic mass is 10.2. The SMILES string of the molecule is C[C@]1(O)OCCC1O. The van der Waals surface area contributed by atoms with E-state index in [1.165, 1.54) is 6.92 Å². The number of aliphatic hydroxyl groups is 2. The minimum absolute atomic E-state index is 0.453. The van der Waals surface area contributed by atoms with E-state index < -0.39 is 11.9 Å². The Balaban J connectivity index is 2.54. The topological polar surface area (TPSA) is 49.7 Å². The van der Waals surface area contributed by atoms with E-state index in [0.29, 0.717) is 13.0 Å². The van der Waals surface area contributed by atoms with Gasteiger partial charge in [-0.1, -0.05) is 0 Å². The number of rotatable bonds is 0. The smallest absolute Gasteiger partial charge is 0.189 e. The molecule has 1 aliphatic heterocycles. The van der Waals surface area contributed by atoms with Crippen LogP contribution in [0.3, 0.4) is 0 Å². The van der Waals surface area contributed by atoms with E-state index in [1.807, 2.05) is 0 Å². The lowest BCUT2D eigenvalue weighted by Crippen LogP contribution is -2.34. The van der Waals surface area contributed by atoms with Crippen LogP contribution in [0.4, 0.5) is 0 Å². The zero-order chi connectivity index (χ0) is 6.20. The van der Waals surface area contributed by atoms with Crippen LogP contribution in [0.2, 0.25) is 0 Å². The van der Waals surface area contributed by atoms with E-state index in [9.17, 15) is 0 Å². The van der Waals surface area contributed by atoms with Crippen molar-refractivity contribution in [1.29, 1.82) is 0 Å². The number of ether oxygens (including phenoxy) is 1. The van der Waals surface area contributed by atoms with E-state index in [4.69, 9.17) is 14.9 Å². The van der Waals surface area contributed by atoms with Crippen LogP contribution in [0.25, 0.3) is 0 Å². The molecule has 0 spiro atoms. The monoisotopic (exact) mass is 118 g/mol. The molecule has 1 rings (SSSR count). The Bertz CT molecular complexity index is 89.7. The lowest BCUT2D eigenvalue weighted by molar-refractivity contribution is -0.198. The van der Waals surface area contributed by atoms with Gasteiger partial charge in [-0.3, -0.25) is 0 Å². The van der Waals surface area contributed by atoms with E-state index in [1.54, 1.807) is 0 Å². The summed E-state index contributed by atoms with van der Waals surface area (Å²) in [6.45, 7) is 1.92. The molecule has 3 heteroatoms. The highest BCUT2D eigenvalue weighted by Crippen LogP contribution is 2.21. The molecular formula is C5H10O3. The van der Waals surface area contributed by atoms with Crippen molar-refractivity contribution in [2.24, 2.45) is 0 Å². The van der Waals surface area contributed by atoms with Gasteiger partial charge in [0.2, 0.25) is 0 Å². The second kappa shape index (κ2) is 1.69. The molecule has 3 nitrogen and oxygen atoms in total. The van der Waals surface area contributed by atoms with Crippen molar-refractivity contribution in [2.75, 3.05) is 6.61 Å². The van der Waals surface area contributed by atoms with Gasteiger partial charge in [-0.05, 0) is 6.92 Å². The van der Waals surface area contributed by atoms with Crippen molar-refractivity contribution in [2.45, 2.75) is 25.2 Å². The summed E-state index contributed by atoms with van der Waals surface area (Å²) >= 11 is 0. The van der Waals surface area contributed by atoms with Gasteiger partial charge in [0.25, 0.3) is 0 Å². The summed E-state index contributed by atoms with van der Waals surface area (Å²) in [4.78, 5) is 0. The van der Waals surface area contributed by atoms with Crippen LogP contribution in [-0.2, 0) is 4.74 Å². The van der Waals surface area contributed by atoms with Gasteiger partial charge in [0.15, 0.2) is 5.79 Å². The Morgan fingerprint density at radius 2 is 2.38 bits per heavy atom. The van der Waals surface area contributed by atoms with Crippen molar-refractivity contribution in [3.05, 3.63) is 0 Å². The maximum atomic E-state index is 8.99. The third-order valence-electron chi connectivity index (χ3n) is 1.40. The van der Waals surface area contributed by atoms with E-state index in [0.717, 1.165) is 0 Å². The van der Waals surface area contributed by atoms with Crippen LogP contribution in [0.1, 0.15) is 13.3 Å². The average Bonchev–Trinajstić information content (AvgIpc) is 1.86. The zero-order valence-electron chi connectivity index (χ0n) is 4.79. The first kappa shape index (κ1) is 6.01. The summed E-state index contributed by atoms with van der Waals surface area (Å²) < 4.78 is 4.76. The summed E-state index contributed by atoms with van der Waals surface area (Å²) in [5.74, 6) is -1.29. The van der Waals surface area contributed by atoms with Gasteiger partial charge in [0.05, 0.1) is 6.61 Å². The summed E-state index contributed by atoms with van der Waals surface area (Å²) in [6, 6.07) is 0. The molecule has 0 radical (unpaired) electrons. The first-order valence-electron chi connectivity index (χ1n) is 2.67. The van der Waals surface area contributed by atoms with Gasteiger partial charge in [0, 0.05) is 6.42 Å². The molecule has 0 aromatic heterocycles. The molecule has 2 atom stereocenters. The number of aliphatic hydroxyl groups excluding tert-OH is 1. The maximum Gasteiger partial charge on any atom is 0.189 e. The Hall–Kier alpha value is -0.120. The Morgan fingerprint density at radius 1 is 1.75 bits per heavy atom. The number of hydrogen-bond donors (Lipinski definition) is 2. The Morgan fingerprint density at radius 3 is 2.50 bits per heavy atom. The van der Waals surface area contributed by atoms with Crippen LogP contribution in [0, 0.1) is 0 Å². The Kier molecular flexibility index (Phi) is 1.27. The summed E-state index contributed by atoms with van der Waals surface area (Å²) in [5, 5.41) is 17.9. The molecule has 1 saturated heterocycles. The molecule has 8 heavy (non-hydrogen) atoms. The normalized spacial score (nSPS) is 47.6. The second-order valence-corrected chi connectivity index (χ2v) is 2.21. The van der Waals surface area contributed by atoms with Crippen molar-refractivity contribution in [3.63, 3.8) is 0 Å². The quantitative estimate of drug-likeness (QED) is 0.450. The summed E-state index contributed by atoms with van der Waals surface area (Å²) in [5.41, 5.74) is 0. The van der Waals surface area contributed by atoms with Gasteiger partial charge >= 0.3 is 0 Å². The molecule has 0 aliphatic carbocycles. The fourth-order valence-electron chi connectivity index (χ4n) is 0.741. The molecule has 1 fully saturated rings. The van der Waals surface area contributed by atoms with Crippen molar-refractivity contribution >= 4 is 0 Å². The first-order chi connectivity index (χ1) is 3.63. The minimum atomic E-state index is -1.29. The third kappa shape index (κ3) is 0.844. The van der Waals surface area contributed by atoms with Gasteiger partial charge in [-0.25, -0.2) is 0 Å². The lowest BCUT2D eigenvalue weighted by Gasteiger charge is -2.18. The highest BCUT2D eigenvalue weighted by molar-refractivity contribution is 4.77. The van der Waals surface area contributed by atoms with Gasteiger partial charge < -0.3 is 14.9 Å². The van der Waals surface area contributed by atoms with Crippen LogP contribution in [0.15, 0.2) is 0 Å². The Labute approximate surface area is 47.9 Å². The maximum absolute atomic E-state index is 8.99. The predicted molar refractivity (Wildman–Crippen MR) is 27.2 cm³/mol. The van der Waals surface area contributed by atoms with E-state index in [2.05, 4.69) is 0 Å². The van der Waals surface area contributed by atoms with Crippen molar-refractivity contribution in [3.8, 4) is 0 Å². The summed E-state index contributed by atoms with van der Waals surface area (Å²) in [7, 11) is 0. The van der Waals surface area contributed by atoms with Crippen LogP contribution in [-0.4, -0.2) is 28.7 Å². The van der Waals surface area contributed by atoms with Gasteiger partial charge in [0.1, 0.15) is 6.10 Å². The van der Waals surface area contributed by atoms with Crippen molar-refractivity contribution < 1.29 is 14.9 Å². The second-order valence-electron chi connectivity index (χ2n) is 2.21. The van der Waals surface area contributed by atoms with Gasteiger partial charge in [-0.15, -0.1) is 0 Å². The molecule has 0 saturated carbocycles. The van der Waals surface area contributed by atoms with Crippen LogP contribution in [0.5, 0.6) is 0 Å². The molecule has 0 aromatic carbocycles. The molecule has 0 bridgehead atoms. The summed E-state index contributed by atoms with van der Waals surface area (Å²) in [6.07, 6.45) is -0.171. The first-order valence-corrected chi connectivity index (χ1v) is 2.67. The van der Waals surface area contributed by atoms with E-state index >= 15 is 0 Å². The fourth-order valence-corrected chi connectivity index (χ4v) is 0.741. The molecule has 1 heterocycles. The van der Waals surface area contributed by atoms with Crippen LogP contribution < -0.4 is 0 Å². The molecule has 0 aromatic rings. The predicted octanol–water partition coefficient (Wildman–Crippen LogP) is -0.524.